The van der Waals surface area contributed by atoms with Crippen LogP contribution in [0.5, 0.6) is 0 Å². The Labute approximate surface area is 78.9 Å². The van der Waals surface area contributed by atoms with Gasteiger partial charge < -0.3 is 5.73 Å². The van der Waals surface area contributed by atoms with Crippen LogP contribution in [0.3, 0.4) is 0 Å². The molecule has 0 fully saturated rings. The highest BCUT2D eigenvalue weighted by Gasteiger charge is 2.12. The van der Waals surface area contributed by atoms with E-state index in [9.17, 15) is 4.79 Å². The van der Waals surface area contributed by atoms with Crippen molar-refractivity contribution in [1.82, 2.24) is 0 Å². The molecule has 0 saturated carbocycles. The summed E-state index contributed by atoms with van der Waals surface area (Å²) in [6.45, 7) is 4.06. The second kappa shape index (κ2) is 6.89. The zero-order valence-corrected chi connectivity index (χ0v) is 8.41. The molecule has 4 heteroatoms. The van der Waals surface area contributed by atoms with Crippen molar-refractivity contribution >= 4 is 29.8 Å². The van der Waals surface area contributed by atoms with Gasteiger partial charge in [-0.25, -0.2) is 0 Å². The number of carbonyl (C=O) groups excluding carboxylic acids is 1. The maximum absolute atomic E-state index is 10.8. The van der Waals surface area contributed by atoms with Crippen LogP contribution in [0.15, 0.2) is 0 Å². The van der Waals surface area contributed by atoms with Gasteiger partial charge in [0.25, 0.3) is 0 Å². The molecule has 1 atom stereocenters. The molecule has 0 heterocycles. The van der Waals surface area contributed by atoms with Crippen LogP contribution in [0.2, 0.25) is 0 Å². The zero-order chi connectivity index (χ0) is 8.15. The molecule has 2 nitrogen and oxygen atoms in total. The SMILES string of the molecule is CC(C)C[C@@H](N)C(=O)CCl.Cl. The molecule has 0 amide bonds. The lowest BCUT2D eigenvalue weighted by Crippen LogP contribution is -2.32. The maximum Gasteiger partial charge on any atom is 0.164 e. The second-order valence-corrected chi connectivity index (χ2v) is 3.10. The fourth-order valence-electron chi connectivity index (χ4n) is 0.738. The second-order valence-electron chi connectivity index (χ2n) is 2.84. The number of Topliss-reactive ketones (excluding diaryl/α,β-unsaturated/α-hetero) is 1. The van der Waals surface area contributed by atoms with Gasteiger partial charge in [0.2, 0.25) is 0 Å². The summed E-state index contributed by atoms with van der Waals surface area (Å²) in [4.78, 5) is 10.8. The Morgan fingerprint density at radius 3 is 2.27 bits per heavy atom. The van der Waals surface area contributed by atoms with Gasteiger partial charge in [0.1, 0.15) is 0 Å². The molecular weight excluding hydrogens is 185 g/mol. The van der Waals surface area contributed by atoms with E-state index >= 15 is 0 Å². The van der Waals surface area contributed by atoms with Gasteiger partial charge in [0, 0.05) is 0 Å². The van der Waals surface area contributed by atoms with Crippen molar-refractivity contribution in [2.45, 2.75) is 26.3 Å². The number of hydrogen-bond acceptors (Lipinski definition) is 2. The Hall–Kier alpha value is 0.210. The summed E-state index contributed by atoms with van der Waals surface area (Å²) in [5.41, 5.74) is 5.49. The summed E-state index contributed by atoms with van der Waals surface area (Å²) in [6.07, 6.45) is 0.728. The standard InChI is InChI=1S/C7H14ClNO.ClH/c1-5(2)3-6(9)7(10)4-8;/h5-6H,3-4,9H2,1-2H3;1H/t6-;/m1./s1. The molecule has 0 radical (unpaired) electrons. The van der Waals surface area contributed by atoms with E-state index in [1.54, 1.807) is 0 Å². The van der Waals surface area contributed by atoms with Crippen molar-refractivity contribution in [3.63, 3.8) is 0 Å². The van der Waals surface area contributed by atoms with E-state index in [2.05, 4.69) is 0 Å². The summed E-state index contributed by atoms with van der Waals surface area (Å²) in [5, 5.41) is 0. The van der Waals surface area contributed by atoms with E-state index in [0.29, 0.717) is 5.92 Å². The molecule has 2 N–H and O–H groups in total. The highest BCUT2D eigenvalue weighted by atomic mass is 35.5. The number of hydrogen-bond donors (Lipinski definition) is 1. The number of nitrogens with two attached hydrogens (primary N) is 1. The number of carbonyl (C=O) groups is 1. The molecule has 0 saturated heterocycles. The molecule has 0 bridgehead atoms. The van der Waals surface area contributed by atoms with Crippen molar-refractivity contribution in [1.29, 1.82) is 0 Å². The Kier molecular flexibility index (Phi) is 8.63. The van der Waals surface area contributed by atoms with Crippen LogP contribution in [0.25, 0.3) is 0 Å². The average Bonchev–Trinajstić information content (AvgIpc) is 1.85. The lowest BCUT2D eigenvalue weighted by Gasteiger charge is -2.10. The van der Waals surface area contributed by atoms with Crippen LogP contribution < -0.4 is 5.73 Å². The van der Waals surface area contributed by atoms with Crippen LogP contribution >= 0.6 is 24.0 Å². The van der Waals surface area contributed by atoms with E-state index in [0.717, 1.165) is 6.42 Å². The third kappa shape index (κ3) is 6.60. The van der Waals surface area contributed by atoms with Crippen molar-refractivity contribution < 1.29 is 4.79 Å². The molecule has 0 aromatic rings. The topological polar surface area (TPSA) is 43.1 Å². The summed E-state index contributed by atoms with van der Waals surface area (Å²) in [7, 11) is 0. The third-order valence-electron chi connectivity index (χ3n) is 1.27. The largest absolute Gasteiger partial charge is 0.321 e. The molecule has 0 unspecified atom stereocenters. The number of halogens is 2. The van der Waals surface area contributed by atoms with Gasteiger partial charge in [-0.15, -0.1) is 24.0 Å². The van der Waals surface area contributed by atoms with Gasteiger partial charge in [-0.2, -0.15) is 0 Å². The lowest BCUT2D eigenvalue weighted by atomic mass is 10.0. The van der Waals surface area contributed by atoms with Crippen LogP contribution in [0.4, 0.5) is 0 Å². The fourth-order valence-corrected chi connectivity index (χ4v) is 0.937. The average molecular weight is 200 g/mol. The van der Waals surface area contributed by atoms with Gasteiger partial charge in [0.15, 0.2) is 5.78 Å². The number of alkyl halides is 1. The van der Waals surface area contributed by atoms with E-state index in [4.69, 9.17) is 17.3 Å². The first-order valence-electron chi connectivity index (χ1n) is 3.42. The highest BCUT2D eigenvalue weighted by molar-refractivity contribution is 6.28. The fraction of sp³-hybridized carbons (Fsp3) is 0.857. The van der Waals surface area contributed by atoms with Gasteiger partial charge >= 0.3 is 0 Å². The molecule has 11 heavy (non-hydrogen) atoms. The first kappa shape index (κ1) is 13.8. The molecule has 0 rings (SSSR count). The molecule has 0 spiro atoms. The van der Waals surface area contributed by atoms with Crippen molar-refractivity contribution in [2.24, 2.45) is 11.7 Å². The van der Waals surface area contributed by atoms with Crippen LogP contribution in [0.1, 0.15) is 20.3 Å². The Morgan fingerprint density at radius 1 is 1.55 bits per heavy atom. The third-order valence-corrected chi connectivity index (χ3v) is 1.53. The van der Waals surface area contributed by atoms with Crippen molar-refractivity contribution in [3.8, 4) is 0 Å². The zero-order valence-electron chi connectivity index (χ0n) is 6.84. The van der Waals surface area contributed by atoms with Crippen LogP contribution in [-0.2, 0) is 4.79 Å². The van der Waals surface area contributed by atoms with Gasteiger partial charge in [-0.3, -0.25) is 4.79 Å². The number of rotatable bonds is 4. The predicted octanol–water partition coefficient (Wildman–Crippen LogP) is 1.59. The summed E-state index contributed by atoms with van der Waals surface area (Å²) in [6, 6.07) is -0.363. The molecule has 0 aliphatic carbocycles. The first-order valence-corrected chi connectivity index (χ1v) is 3.95. The molecule has 0 aromatic heterocycles. The Bertz CT molecular complexity index is 117. The van der Waals surface area contributed by atoms with Crippen molar-refractivity contribution in [3.05, 3.63) is 0 Å². The number of ketones is 1. The monoisotopic (exact) mass is 199 g/mol. The summed E-state index contributed by atoms with van der Waals surface area (Å²) in [5.74, 6) is 0.436. The van der Waals surface area contributed by atoms with Crippen molar-refractivity contribution in [2.75, 3.05) is 5.88 Å². The normalized spacial score (nSPS) is 12.5. The summed E-state index contributed by atoms with van der Waals surface area (Å²) >= 11 is 5.30. The minimum Gasteiger partial charge on any atom is -0.321 e. The van der Waals surface area contributed by atoms with E-state index in [-0.39, 0.29) is 30.1 Å². The van der Waals surface area contributed by atoms with Crippen LogP contribution in [0, 0.1) is 5.92 Å². The quantitative estimate of drug-likeness (QED) is 0.700. The molecule has 68 valence electrons. The molecule has 0 aliphatic rings. The molecule has 0 aliphatic heterocycles. The maximum atomic E-state index is 10.8. The van der Waals surface area contributed by atoms with E-state index in [1.165, 1.54) is 0 Å². The minimum atomic E-state index is -0.363. The molecular formula is C7H15Cl2NO. The van der Waals surface area contributed by atoms with Gasteiger partial charge in [-0.05, 0) is 12.3 Å². The minimum absolute atomic E-state index is 0. The lowest BCUT2D eigenvalue weighted by molar-refractivity contribution is -0.118. The van der Waals surface area contributed by atoms with Gasteiger partial charge in [0.05, 0.1) is 11.9 Å². The molecule has 0 aromatic carbocycles. The van der Waals surface area contributed by atoms with E-state index in [1.807, 2.05) is 13.8 Å². The Balaban J connectivity index is 0. The smallest absolute Gasteiger partial charge is 0.164 e. The predicted molar refractivity (Wildman–Crippen MR) is 50.4 cm³/mol. The van der Waals surface area contributed by atoms with Gasteiger partial charge in [-0.1, -0.05) is 13.8 Å². The van der Waals surface area contributed by atoms with Crippen LogP contribution in [-0.4, -0.2) is 17.7 Å². The Morgan fingerprint density at radius 2 is 2.00 bits per heavy atom. The summed E-state index contributed by atoms with van der Waals surface area (Å²) < 4.78 is 0. The first-order chi connectivity index (χ1) is 4.57. The highest BCUT2D eigenvalue weighted by Crippen LogP contribution is 2.03. The van der Waals surface area contributed by atoms with E-state index < -0.39 is 0 Å².